The summed E-state index contributed by atoms with van der Waals surface area (Å²) in [5.74, 6) is 0.329. The Balaban J connectivity index is 1.87. The van der Waals surface area contributed by atoms with Crippen LogP contribution >= 0.6 is 0 Å². The van der Waals surface area contributed by atoms with Crippen LogP contribution in [0.2, 0.25) is 0 Å². The third-order valence-corrected chi connectivity index (χ3v) is 5.96. The SMILES string of the molecule is Cc1ccc(C(=O)Nc2ccc(N3CCC(C)CC3)c(C(=O)NCC(C)C)c2)cc1[N+](=O)[O-]. The van der Waals surface area contributed by atoms with Gasteiger partial charge in [0, 0.05) is 48.2 Å². The van der Waals surface area contributed by atoms with Crippen LogP contribution in [-0.4, -0.2) is 36.4 Å². The summed E-state index contributed by atoms with van der Waals surface area (Å²) >= 11 is 0. The van der Waals surface area contributed by atoms with Crippen LogP contribution in [0.1, 0.15) is 59.9 Å². The quantitative estimate of drug-likeness (QED) is 0.465. The maximum atomic E-state index is 13.0. The van der Waals surface area contributed by atoms with Crippen LogP contribution in [-0.2, 0) is 0 Å². The summed E-state index contributed by atoms with van der Waals surface area (Å²) in [5, 5.41) is 17.0. The molecule has 33 heavy (non-hydrogen) atoms. The van der Waals surface area contributed by atoms with Gasteiger partial charge in [-0.3, -0.25) is 19.7 Å². The summed E-state index contributed by atoms with van der Waals surface area (Å²) in [6.45, 7) is 10.2. The number of rotatable bonds is 7. The zero-order valence-electron chi connectivity index (χ0n) is 19.7. The van der Waals surface area contributed by atoms with E-state index in [1.165, 1.54) is 6.07 Å². The number of benzene rings is 2. The Morgan fingerprint density at radius 1 is 1.12 bits per heavy atom. The molecule has 0 saturated carbocycles. The van der Waals surface area contributed by atoms with Crippen LogP contribution in [0, 0.1) is 28.9 Å². The van der Waals surface area contributed by atoms with E-state index in [4.69, 9.17) is 0 Å². The van der Waals surface area contributed by atoms with E-state index in [0.29, 0.717) is 35.2 Å². The van der Waals surface area contributed by atoms with Crippen LogP contribution in [0.25, 0.3) is 0 Å². The van der Waals surface area contributed by atoms with Gasteiger partial charge in [-0.2, -0.15) is 0 Å². The van der Waals surface area contributed by atoms with Crippen molar-refractivity contribution in [1.29, 1.82) is 0 Å². The van der Waals surface area contributed by atoms with Crippen LogP contribution < -0.4 is 15.5 Å². The summed E-state index contributed by atoms with van der Waals surface area (Å²) in [5.41, 5.74) is 2.40. The number of carbonyl (C=O) groups excluding carboxylic acids is 2. The summed E-state index contributed by atoms with van der Waals surface area (Å²) in [6, 6.07) is 9.70. The maximum absolute atomic E-state index is 13.0. The Kier molecular flexibility index (Phi) is 7.68. The van der Waals surface area contributed by atoms with Crippen molar-refractivity contribution in [2.75, 3.05) is 29.9 Å². The van der Waals surface area contributed by atoms with Crippen molar-refractivity contribution in [2.24, 2.45) is 11.8 Å². The molecule has 0 unspecified atom stereocenters. The fraction of sp³-hybridized carbons (Fsp3) is 0.440. The Hall–Kier alpha value is -3.42. The second-order valence-corrected chi connectivity index (χ2v) is 9.22. The highest BCUT2D eigenvalue weighted by atomic mass is 16.6. The lowest BCUT2D eigenvalue weighted by molar-refractivity contribution is -0.385. The smallest absolute Gasteiger partial charge is 0.273 e. The van der Waals surface area contributed by atoms with E-state index in [2.05, 4.69) is 22.5 Å². The van der Waals surface area contributed by atoms with Gasteiger partial charge in [0.05, 0.1) is 10.5 Å². The summed E-state index contributed by atoms with van der Waals surface area (Å²) in [6.07, 6.45) is 2.13. The molecule has 3 rings (SSSR count). The van der Waals surface area contributed by atoms with Crippen LogP contribution in [0.4, 0.5) is 17.1 Å². The lowest BCUT2D eigenvalue weighted by Crippen LogP contribution is -2.35. The van der Waals surface area contributed by atoms with Crippen LogP contribution in [0.5, 0.6) is 0 Å². The molecule has 1 fully saturated rings. The van der Waals surface area contributed by atoms with E-state index in [-0.39, 0.29) is 17.2 Å². The van der Waals surface area contributed by atoms with E-state index in [1.807, 2.05) is 19.9 Å². The molecule has 2 aromatic carbocycles. The first-order valence-electron chi connectivity index (χ1n) is 11.4. The van der Waals surface area contributed by atoms with Crippen molar-refractivity contribution in [2.45, 2.75) is 40.5 Å². The second-order valence-electron chi connectivity index (χ2n) is 9.22. The molecule has 1 saturated heterocycles. The topological polar surface area (TPSA) is 105 Å². The van der Waals surface area contributed by atoms with E-state index >= 15 is 0 Å². The van der Waals surface area contributed by atoms with Gasteiger partial charge in [-0.05, 0) is 55.9 Å². The molecule has 8 heteroatoms. The van der Waals surface area contributed by atoms with Gasteiger partial charge in [0.2, 0.25) is 0 Å². The number of carbonyl (C=O) groups is 2. The van der Waals surface area contributed by atoms with Gasteiger partial charge in [-0.25, -0.2) is 0 Å². The molecule has 0 aliphatic carbocycles. The van der Waals surface area contributed by atoms with Gasteiger partial charge >= 0.3 is 0 Å². The van der Waals surface area contributed by atoms with E-state index in [9.17, 15) is 19.7 Å². The number of hydrogen-bond acceptors (Lipinski definition) is 5. The Bertz CT molecular complexity index is 1040. The molecule has 1 aliphatic heterocycles. The Labute approximate surface area is 194 Å². The molecular formula is C25H32N4O4. The number of nitrogens with zero attached hydrogens (tertiary/aromatic N) is 2. The number of piperidine rings is 1. The summed E-state index contributed by atoms with van der Waals surface area (Å²) < 4.78 is 0. The summed E-state index contributed by atoms with van der Waals surface area (Å²) in [7, 11) is 0. The lowest BCUT2D eigenvalue weighted by Gasteiger charge is -2.33. The van der Waals surface area contributed by atoms with Gasteiger partial charge in [-0.15, -0.1) is 0 Å². The molecule has 2 N–H and O–H groups in total. The third kappa shape index (κ3) is 6.09. The highest BCUT2D eigenvalue weighted by molar-refractivity contribution is 6.06. The first-order valence-corrected chi connectivity index (χ1v) is 11.4. The molecule has 2 amide bonds. The van der Waals surface area contributed by atoms with Crippen LogP contribution in [0.3, 0.4) is 0 Å². The standard InChI is InChI=1S/C25H32N4O4/c1-16(2)15-26-25(31)21-14-20(7-8-22(21)28-11-9-17(3)10-12-28)27-24(30)19-6-5-18(4)23(13-19)29(32)33/h5-8,13-14,16-17H,9-12,15H2,1-4H3,(H,26,31)(H,27,30). The highest BCUT2D eigenvalue weighted by Gasteiger charge is 2.22. The van der Waals surface area contributed by atoms with Crippen molar-refractivity contribution in [3.63, 3.8) is 0 Å². The molecule has 2 aromatic rings. The predicted octanol–water partition coefficient (Wildman–Crippen LogP) is 4.78. The molecule has 1 heterocycles. The number of nitro benzene ring substituents is 1. The molecule has 0 bridgehead atoms. The number of hydrogen-bond donors (Lipinski definition) is 2. The third-order valence-electron chi connectivity index (χ3n) is 5.96. The van der Waals surface area contributed by atoms with Crippen molar-refractivity contribution < 1.29 is 14.5 Å². The van der Waals surface area contributed by atoms with Crippen molar-refractivity contribution in [1.82, 2.24) is 5.32 Å². The average Bonchev–Trinajstić information content (AvgIpc) is 2.78. The minimum Gasteiger partial charge on any atom is -0.371 e. The molecule has 0 aromatic heterocycles. The van der Waals surface area contributed by atoms with Crippen molar-refractivity contribution in [3.8, 4) is 0 Å². The van der Waals surface area contributed by atoms with E-state index in [1.54, 1.807) is 31.2 Å². The van der Waals surface area contributed by atoms with Crippen LogP contribution in [0.15, 0.2) is 36.4 Å². The monoisotopic (exact) mass is 452 g/mol. The minimum atomic E-state index is -0.502. The Morgan fingerprint density at radius 3 is 2.45 bits per heavy atom. The number of aryl methyl sites for hydroxylation is 1. The first kappa shape index (κ1) is 24.2. The molecule has 0 atom stereocenters. The number of nitrogens with one attached hydrogen (secondary N) is 2. The second kappa shape index (κ2) is 10.5. The number of anilines is 2. The predicted molar refractivity (Wildman–Crippen MR) is 130 cm³/mol. The molecule has 0 spiro atoms. The lowest BCUT2D eigenvalue weighted by atomic mass is 9.97. The summed E-state index contributed by atoms with van der Waals surface area (Å²) in [4.78, 5) is 38.7. The number of nitro groups is 1. The van der Waals surface area contributed by atoms with Gasteiger partial charge in [0.25, 0.3) is 17.5 Å². The zero-order chi connectivity index (χ0) is 24.1. The average molecular weight is 453 g/mol. The maximum Gasteiger partial charge on any atom is 0.273 e. The largest absolute Gasteiger partial charge is 0.371 e. The van der Waals surface area contributed by atoms with Gasteiger partial charge in [0.1, 0.15) is 0 Å². The zero-order valence-corrected chi connectivity index (χ0v) is 19.7. The molecular weight excluding hydrogens is 420 g/mol. The van der Waals surface area contributed by atoms with E-state index in [0.717, 1.165) is 31.6 Å². The number of amides is 2. The molecule has 8 nitrogen and oxygen atoms in total. The fourth-order valence-electron chi connectivity index (χ4n) is 3.86. The highest BCUT2D eigenvalue weighted by Crippen LogP contribution is 2.29. The first-order chi connectivity index (χ1) is 15.7. The van der Waals surface area contributed by atoms with Gasteiger partial charge < -0.3 is 15.5 Å². The normalized spacial score (nSPS) is 14.3. The molecule has 176 valence electrons. The fourth-order valence-corrected chi connectivity index (χ4v) is 3.86. The van der Waals surface area contributed by atoms with Gasteiger partial charge in [0.15, 0.2) is 0 Å². The van der Waals surface area contributed by atoms with Crippen molar-refractivity contribution >= 4 is 28.9 Å². The van der Waals surface area contributed by atoms with Crippen molar-refractivity contribution in [3.05, 3.63) is 63.2 Å². The molecule has 0 radical (unpaired) electrons. The minimum absolute atomic E-state index is 0.105. The Morgan fingerprint density at radius 2 is 1.82 bits per heavy atom. The van der Waals surface area contributed by atoms with Gasteiger partial charge in [-0.1, -0.05) is 26.8 Å². The van der Waals surface area contributed by atoms with E-state index < -0.39 is 10.8 Å². The molecule has 1 aliphatic rings.